The Bertz CT molecular complexity index is 990. The van der Waals surface area contributed by atoms with Crippen molar-refractivity contribution in [1.82, 2.24) is 5.32 Å². The summed E-state index contributed by atoms with van der Waals surface area (Å²) < 4.78 is 21.8. The minimum absolute atomic E-state index is 0.0718. The lowest BCUT2D eigenvalue weighted by Gasteiger charge is -2.14. The second kappa shape index (κ2) is 19.5. The number of fused-ring (bicyclic) bond motifs is 3. The van der Waals surface area contributed by atoms with Gasteiger partial charge in [0.15, 0.2) is 0 Å². The molecule has 0 heterocycles. The van der Waals surface area contributed by atoms with Gasteiger partial charge in [0, 0.05) is 32.1 Å². The molecule has 0 bridgehead atoms. The van der Waals surface area contributed by atoms with Gasteiger partial charge in [-0.25, -0.2) is 4.79 Å². The molecule has 40 heavy (non-hydrogen) atoms. The van der Waals surface area contributed by atoms with Crippen molar-refractivity contribution in [2.24, 2.45) is 11.5 Å². The third-order valence-electron chi connectivity index (χ3n) is 5.90. The zero-order valence-corrected chi connectivity index (χ0v) is 22.8. The van der Waals surface area contributed by atoms with E-state index < -0.39 is 18.0 Å². The van der Waals surface area contributed by atoms with Crippen LogP contribution in [0.2, 0.25) is 0 Å². The molecule has 11 nitrogen and oxygen atoms in total. The molecule has 3 rings (SSSR count). The third-order valence-corrected chi connectivity index (χ3v) is 5.90. The van der Waals surface area contributed by atoms with Crippen LogP contribution in [0, 0.1) is 0 Å². The Morgan fingerprint density at radius 3 is 1.80 bits per heavy atom. The van der Waals surface area contributed by atoms with Crippen molar-refractivity contribution in [3.05, 3.63) is 59.7 Å². The van der Waals surface area contributed by atoms with Gasteiger partial charge in [-0.15, -0.1) is 0 Å². The molecule has 0 unspecified atom stereocenters. The molecule has 0 aromatic heterocycles. The van der Waals surface area contributed by atoms with E-state index in [0.717, 1.165) is 6.42 Å². The number of hydrogen-bond acceptors (Lipinski definition) is 8. The largest absolute Gasteiger partial charge is 0.481 e. The highest BCUT2D eigenvalue weighted by Crippen LogP contribution is 2.44. The Morgan fingerprint density at radius 2 is 1.30 bits per heavy atom. The van der Waals surface area contributed by atoms with Crippen LogP contribution in [0.3, 0.4) is 0 Å². The SMILES string of the molecule is NC(=O)CCC(=O)O.NCCCOCCOCCOCCCNC(=O)OCC1c2ccccc2-c2ccccc21. The monoisotopic (exact) mass is 559 g/mol. The minimum atomic E-state index is -0.996. The van der Waals surface area contributed by atoms with Crippen molar-refractivity contribution in [2.45, 2.75) is 31.6 Å². The molecular formula is C29H41N3O8. The number of amides is 2. The van der Waals surface area contributed by atoms with E-state index in [1.807, 2.05) is 24.3 Å². The van der Waals surface area contributed by atoms with E-state index >= 15 is 0 Å². The molecule has 0 atom stereocenters. The number of alkyl carbamates (subject to hydrolysis) is 1. The number of carboxylic acid groups (broad SMARTS) is 1. The van der Waals surface area contributed by atoms with E-state index in [4.69, 9.17) is 29.8 Å². The van der Waals surface area contributed by atoms with Crippen molar-refractivity contribution in [1.29, 1.82) is 0 Å². The van der Waals surface area contributed by atoms with Crippen LogP contribution in [0.1, 0.15) is 42.7 Å². The van der Waals surface area contributed by atoms with E-state index in [9.17, 15) is 14.4 Å². The van der Waals surface area contributed by atoms with Crippen LogP contribution in [0.25, 0.3) is 11.1 Å². The van der Waals surface area contributed by atoms with Crippen molar-refractivity contribution >= 4 is 18.0 Å². The van der Waals surface area contributed by atoms with E-state index in [-0.39, 0.29) is 18.8 Å². The normalized spacial score (nSPS) is 11.6. The molecule has 6 N–H and O–H groups in total. The number of benzene rings is 2. The average Bonchev–Trinajstić information content (AvgIpc) is 3.27. The Hall–Kier alpha value is -3.51. The van der Waals surface area contributed by atoms with Crippen molar-refractivity contribution in [3.63, 3.8) is 0 Å². The molecular weight excluding hydrogens is 518 g/mol. The summed E-state index contributed by atoms with van der Waals surface area (Å²) in [5, 5.41) is 10.7. The highest BCUT2D eigenvalue weighted by Gasteiger charge is 2.28. The van der Waals surface area contributed by atoms with Gasteiger partial charge in [0.05, 0.1) is 32.8 Å². The summed E-state index contributed by atoms with van der Waals surface area (Å²) in [7, 11) is 0. The molecule has 11 heteroatoms. The summed E-state index contributed by atoms with van der Waals surface area (Å²) in [5.74, 6) is -1.50. The maximum absolute atomic E-state index is 12.1. The van der Waals surface area contributed by atoms with Crippen LogP contribution in [-0.4, -0.2) is 82.4 Å². The second-order valence-corrected chi connectivity index (χ2v) is 8.95. The Balaban J connectivity index is 0.000000611. The van der Waals surface area contributed by atoms with E-state index in [0.29, 0.717) is 65.8 Å². The third kappa shape index (κ3) is 12.6. The number of carbonyl (C=O) groups is 3. The fourth-order valence-electron chi connectivity index (χ4n) is 3.97. The number of carbonyl (C=O) groups excluding carboxylic acids is 2. The lowest BCUT2D eigenvalue weighted by Crippen LogP contribution is -2.27. The lowest BCUT2D eigenvalue weighted by molar-refractivity contribution is -0.138. The summed E-state index contributed by atoms with van der Waals surface area (Å²) in [6.07, 6.45) is 0.939. The number of hydrogen-bond donors (Lipinski definition) is 4. The van der Waals surface area contributed by atoms with Crippen LogP contribution >= 0.6 is 0 Å². The first-order valence-electron chi connectivity index (χ1n) is 13.5. The van der Waals surface area contributed by atoms with Gasteiger partial charge in [0.1, 0.15) is 6.61 Å². The van der Waals surface area contributed by atoms with Gasteiger partial charge in [-0.05, 0) is 41.6 Å². The van der Waals surface area contributed by atoms with Crippen molar-refractivity contribution < 1.29 is 38.4 Å². The molecule has 0 saturated heterocycles. The van der Waals surface area contributed by atoms with Crippen LogP contribution in [0.15, 0.2) is 48.5 Å². The number of nitrogens with two attached hydrogens (primary N) is 2. The average molecular weight is 560 g/mol. The number of nitrogens with one attached hydrogen (secondary N) is 1. The van der Waals surface area contributed by atoms with Crippen LogP contribution in [0.4, 0.5) is 4.79 Å². The highest BCUT2D eigenvalue weighted by molar-refractivity contribution is 5.79. The standard InChI is InChI=1S/C25H34N2O5.C4H7NO3/c26-11-5-13-29-15-17-31-18-16-30-14-6-12-27-25(28)32-19-24-22-9-3-1-7-20(22)21-8-2-4-10-23(21)24;5-3(6)1-2-4(7)8/h1-4,7-10,24H,5-6,11-19,26H2,(H,27,28);1-2H2,(H2,5,6)(H,7,8). The first-order valence-corrected chi connectivity index (χ1v) is 13.5. The fraction of sp³-hybridized carbons (Fsp3) is 0.483. The summed E-state index contributed by atoms with van der Waals surface area (Å²) in [6.45, 7) is 4.88. The summed E-state index contributed by atoms with van der Waals surface area (Å²) in [5.41, 5.74) is 14.9. The first-order chi connectivity index (χ1) is 19.4. The molecule has 0 aliphatic heterocycles. The maximum atomic E-state index is 12.1. The number of ether oxygens (including phenoxy) is 4. The Labute approximate surface area is 235 Å². The van der Waals surface area contributed by atoms with Gasteiger partial charge in [-0.2, -0.15) is 0 Å². The number of rotatable bonds is 18. The van der Waals surface area contributed by atoms with Crippen molar-refractivity contribution in [2.75, 3.05) is 59.3 Å². The molecule has 220 valence electrons. The number of carboxylic acids is 1. The zero-order chi connectivity index (χ0) is 29.0. The first kappa shape index (κ1) is 32.7. The molecule has 1 aliphatic rings. The predicted octanol–water partition coefficient (Wildman–Crippen LogP) is 2.65. The fourth-order valence-corrected chi connectivity index (χ4v) is 3.97. The molecule has 2 aromatic rings. The molecule has 0 radical (unpaired) electrons. The Morgan fingerprint density at radius 1 is 0.775 bits per heavy atom. The number of primary amides is 1. The molecule has 2 amide bonds. The lowest BCUT2D eigenvalue weighted by atomic mass is 9.98. The van der Waals surface area contributed by atoms with Gasteiger partial charge >= 0.3 is 12.1 Å². The van der Waals surface area contributed by atoms with E-state index in [2.05, 4.69) is 35.3 Å². The zero-order valence-electron chi connectivity index (χ0n) is 22.8. The smallest absolute Gasteiger partial charge is 0.407 e. The predicted molar refractivity (Wildman–Crippen MR) is 150 cm³/mol. The molecule has 1 aliphatic carbocycles. The highest BCUT2D eigenvalue weighted by atomic mass is 16.6. The van der Waals surface area contributed by atoms with Crippen LogP contribution < -0.4 is 16.8 Å². The quantitative estimate of drug-likeness (QED) is 0.200. The molecule has 0 fully saturated rings. The van der Waals surface area contributed by atoms with Crippen LogP contribution in [0.5, 0.6) is 0 Å². The second-order valence-electron chi connectivity index (χ2n) is 8.95. The molecule has 0 saturated carbocycles. The summed E-state index contributed by atoms with van der Waals surface area (Å²) in [6, 6.07) is 16.6. The summed E-state index contributed by atoms with van der Waals surface area (Å²) in [4.78, 5) is 31.7. The Kier molecular flexibility index (Phi) is 16.0. The molecule has 0 spiro atoms. The van der Waals surface area contributed by atoms with Gasteiger partial charge in [0.25, 0.3) is 0 Å². The van der Waals surface area contributed by atoms with Gasteiger partial charge in [-0.1, -0.05) is 48.5 Å². The van der Waals surface area contributed by atoms with E-state index in [1.165, 1.54) is 22.3 Å². The topological polar surface area (TPSA) is 172 Å². The number of aliphatic carboxylic acids is 1. The minimum Gasteiger partial charge on any atom is -0.481 e. The van der Waals surface area contributed by atoms with Gasteiger partial charge in [0.2, 0.25) is 5.91 Å². The summed E-state index contributed by atoms with van der Waals surface area (Å²) >= 11 is 0. The van der Waals surface area contributed by atoms with Gasteiger partial charge < -0.3 is 40.8 Å². The molecule has 2 aromatic carbocycles. The maximum Gasteiger partial charge on any atom is 0.407 e. The van der Waals surface area contributed by atoms with E-state index in [1.54, 1.807) is 0 Å². The van der Waals surface area contributed by atoms with Crippen molar-refractivity contribution in [3.8, 4) is 11.1 Å². The van der Waals surface area contributed by atoms with Crippen LogP contribution in [-0.2, 0) is 28.5 Å². The van der Waals surface area contributed by atoms with Gasteiger partial charge in [-0.3, -0.25) is 9.59 Å².